The van der Waals surface area contributed by atoms with Gasteiger partial charge < -0.3 is 16.5 Å². The lowest BCUT2D eigenvalue weighted by Gasteiger charge is -2.08. The van der Waals surface area contributed by atoms with Crippen LogP contribution in [-0.2, 0) is 10.0 Å². The van der Waals surface area contributed by atoms with Crippen LogP contribution >= 0.6 is 0 Å². The minimum Gasteiger partial charge on any atom is -0.370 e. The largest absolute Gasteiger partial charge is 0.370 e. The van der Waals surface area contributed by atoms with Crippen LogP contribution in [-0.4, -0.2) is 42.0 Å². The third kappa shape index (κ3) is 7.72. The van der Waals surface area contributed by atoms with E-state index in [1.54, 1.807) is 18.3 Å². The molecule has 180 valence electrons. The molecule has 6 N–H and O–H groups in total. The summed E-state index contributed by atoms with van der Waals surface area (Å²) in [5.74, 6) is -0.0313. The molecule has 0 aliphatic carbocycles. The highest BCUT2D eigenvalue weighted by molar-refractivity contribution is 7.89. The molecule has 2 aromatic heterocycles. The Morgan fingerprint density at radius 3 is 2.39 bits per heavy atom. The zero-order valence-electron chi connectivity index (χ0n) is 19.3. The molecule has 0 bridgehead atoms. The van der Waals surface area contributed by atoms with Crippen molar-refractivity contribution in [1.29, 1.82) is 0 Å². The third-order valence-electron chi connectivity index (χ3n) is 4.70. The number of sulfonamides is 1. The molecule has 0 unspecified atom stereocenters. The summed E-state index contributed by atoms with van der Waals surface area (Å²) in [6.07, 6.45) is 6.21. The first-order valence-electron chi connectivity index (χ1n) is 10.9. The second-order valence-electron chi connectivity index (χ2n) is 7.56. The summed E-state index contributed by atoms with van der Waals surface area (Å²) in [5, 5.41) is 0.788. The van der Waals surface area contributed by atoms with Gasteiger partial charge in [0, 0.05) is 30.4 Å². The minimum atomic E-state index is -3.67. The van der Waals surface area contributed by atoms with Crippen molar-refractivity contribution in [3.63, 3.8) is 0 Å². The van der Waals surface area contributed by atoms with Gasteiger partial charge in [0.15, 0.2) is 5.96 Å². The van der Waals surface area contributed by atoms with Gasteiger partial charge in [-0.1, -0.05) is 33.1 Å². The van der Waals surface area contributed by atoms with Crippen molar-refractivity contribution in [2.45, 2.75) is 51.3 Å². The maximum atomic E-state index is 12.3. The molecule has 11 heteroatoms. The number of hydrogen-bond donors (Lipinski definition) is 4. The second-order valence-corrected chi connectivity index (χ2v) is 9.32. The van der Waals surface area contributed by atoms with E-state index in [4.69, 9.17) is 11.5 Å². The van der Waals surface area contributed by atoms with Crippen LogP contribution in [0.4, 0.5) is 0 Å². The van der Waals surface area contributed by atoms with Crippen molar-refractivity contribution in [3.05, 3.63) is 52.7 Å². The predicted molar refractivity (Wildman–Crippen MR) is 132 cm³/mol. The van der Waals surface area contributed by atoms with Crippen molar-refractivity contribution in [2.24, 2.45) is 16.5 Å². The van der Waals surface area contributed by atoms with Crippen LogP contribution in [0.5, 0.6) is 0 Å². The molecule has 0 saturated heterocycles. The number of unbranched alkanes of at least 4 members (excludes halogenated alkanes) is 2. The zero-order valence-corrected chi connectivity index (χ0v) is 20.2. The number of H-pyrrole nitrogens is 1. The Balaban J connectivity index is 0.000000696. The number of nitrogens with one attached hydrogen (secondary N) is 2. The molecule has 0 saturated carbocycles. The van der Waals surface area contributed by atoms with Crippen LogP contribution in [0.15, 0.2) is 51.2 Å². The molecule has 0 fully saturated rings. The summed E-state index contributed by atoms with van der Waals surface area (Å²) >= 11 is 0. The van der Waals surface area contributed by atoms with Crippen LogP contribution in [0.25, 0.3) is 16.7 Å². The molecule has 33 heavy (non-hydrogen) atoms. The number of benzene rings is 1. The van der Waals surface area contributed by atoms with Crippen LogP contribution < -0.4 is 21.9 Å². The smallest absolute Gasteiger partial charge is 0.354 e. The molecule has 1 aromatic carbocycles. The van der Waals surface area contributed by atoms with Gasteiger partial charge in [-0.2, -0.15) is 4.98 Å². The van der Waals surface area contributed by atoms with E-state index >= 15 is 0 Å². The molecule has 0 aliphatic heterocycles. The van der Waals surface area contributed by atoms with Gasteiger partial charge in [0.2, 0.25) is 10.0 Å². The van der Waals surface area contributed by atoms with Gasteiger partial charge in [0.1, 0.15) is 5.65 Å². The van der Waals surface area contributed by atoms with Crippen LogP contribution in [0.3, 0.4) is 0 Å². The van der Waals surface area contributed by atoms with Crippen molar-refractivity contribution in [1.82, 2.24) is 19.3 Å². The average Bonchev–Trinajstić information content (AvgIpc) is 3.12. The number of rotatable bonds is 9. The lowest BCUT2D eigenvalue weighted by molar-refractivity contribution is 0.579. The molecule has 0 atom stereocenters. The van der Waals surface area contributed by atoms with E-state index in [-0.39, 0.29) is 17.4 Å². The van der Waals surface area contributed by atoms with E-state index < -0.39 is 15.7 Å². The molecule has 2 heterocycles. The minimum absolute atomic E-state index is 0.0313. The predicted octanol–water partition coefficient (Wildman–Crippen LogP) is 2.16. The van der Waals surface area contributed by atoms with Crippen molar-refractivity contribution in [2.75, 3.05) is 13.1 Å². The summed E-state index contributed by atoms with van der Waals surface area (Å²) in [6.45, 7) is 6.84. The second kappa shape index (κ2) is 12.2. The highest BCUT2D eigenvalue weighted by Gasteiger charge is 2.14. The Morgan fingerprint density at radius 2 is 1.82 bits per heavy atom. The van der Waals surface area contributed by atoms with Gasteiger partial charge >= 0.3 is 5.69 Å². The quantitative estimate of drug-likeness (QED) is 0.211. The van der Waals surface area contributed by atoms with E-state index in [2.05, 4.69) is 33.5 Å². The molecule has 0 aliphatic rings. The molecule has 0 amide bonds. The molecule has 10 nitrogen and oxygen atoms in total. The number of hydrogen-bond acceptors (Lipinski definition) is 5. The summed E-state index contributed by atoms with van der Waals surface area (Å²) in [5.41, 5.74) is 11.9. The van der Waals surface area contributed by atoms with Crippen molar-refractivity contribution >= 4 is 27.0 Å². The van der Waals surface area contributed by atoms with Crippen LogP contribution in [0.2, 0.25) is 0 Å². The van der Waals surface area contributed by atoms with Gasteiger partial charge in [0.05, 0.1) is 10.6 Å². The Morgan fingerprint density at radius 1 is 1.15 bits per heavy atom. The van der Waals surface area contributed by atoms with Gasteiger partial charge in [-0.3, -0.25) is 9.56 Å². The molecule has 0 radical (unpaired) electrons. The Bertz CT molecular complexity index is 1220. The maximum Gasteiger partial charge on any atom is 0.354 e. The normalized spacial score (nSPS) is 11.1. The number of fused-ring (bicyclic) bond motifs is 1. The number of nitrogens with two attached hydrogens (primary N) is 2. The fourth-order valence-electron chi connectivity index (χ4n) is 3.03. The third-order valence-corrected chi connectivity index (χ3v) is 6.17. The number of aromatic nitrogens is 3. The maximum absolute atomic E-state index is 12.3. The number of aliphatic imine (C=N–C) groups is 1. The first-order chi connectivity index (χ1) is 15.7. The van der Waals surface area contributed by atoms with Gasteiger partial charge in [0.25, 0.3) is 0 Å². The Labute approximate surface area is 194 Å². The summed E-state index contributed by atoms with van der Waals surface area (Å²) in [6, 6.07) is 7.87. The number of aromatic amines is 1. The number of nitrogens with zero attached hydrogens (tertiary/aromatic N) is 3. The molecule has 3 aromatic rings. The van der Waals surface area contributed by atoms with E-state index in [9.17, 15) is 13.2 Å². The fraction of sp³-hybridized carbons (Fsp3) is 0.409. The van der Waals surface area contributed by atoms with Gasteiger partial charge in [-0.25, -0.2) is 17.9 Å². The summed E-state index contributed by atoms with van der Waals surface area (Å²) < 4.78 is 28.5. The Hall–Kier alpha value is -3.18. The van der Waals surface area contributed by atoms with Crippen molar-refractivity contribution in [3.8, 4) is 5.69 Å². The topological polar surface area (TPSA) is 161 Å². The highest BCUT2D eigenvalue weighted by atomic mass is 32.2. The molecular formula is C22H33N7O3S. The van der Waals surface area contributed by atoms with E-state index in [1.165, 1.54) is 36.0 Å². The average molecular weight is 476 g/mol. The van der Waals surface area contributed by atoms with E-state index in [0.29, 0.717) is 24.3 Å². The summed E-state index contributed by atoms with van der Waals surface area (Å²) in [7, 11) is -3.67. The first-order valence-corrected chi connectivity index (χ1v) is 12.4. The lowest BCUT2D eigenvalue weighted by atomic mass is 10.3. The summed E-state index contributed by atoms with van der Waals surface area (Å²) in [4.78, 5) is 23.1. The number of aryl methyl sites for hydroxylation is 1. The molecular weight excluding hydrogens is 442 g/mol. The lowest BCUT2D eigenvalue weighted by Crippen LogP contribution is -2.26. The SMILES string of the molecule is CCCCC.Cc1cc2cn(-c3ccc(S(=O)(=O)NCCCN=C(N)N)cc3)c(=O)nc2[nH]1. The van der Waals surface area contributed by atoms with Gasteiger partial charge in [-0.05, 0) is 43.7 Å². The Kier molecular flexibility index (Phi) is 9.61. The first kappa shape index (κ1) is 26.1. The number of guanidine groups is 1. The molecule has 0 spiro atoms. The van der Waals surface area contributed by atoms with Crippen LogP contribution in [0, 0.1) is 6.92 Å². The van der Waals surface area contributed by atoms with Gasteiger partial charge in [-0.15, -0.1) is 0 Å². The fourth-order valence-corrected chi connectivity index (χ4v) is 4.11. The molecule has 3 rings (SSSR count). The van der Waals surface area contributed by atoms with Crippen LogP contribution in [0.1, 0.15) is 45.2 Å². The van der Waals surface area contributed by atoms with E-state index in [0.717, 1.165) is 11.1 Å². The standard InChI is InChI=1S/C17H21N7O3S.C5H12/c1-11-9-12-10-24(17(25)23-15(12)22-11)13-3-5-14(6-4-13)28(26,27)21-8-2-7-20-16(18)19;1-3-5-4-2/h3-6,9-10,21H,2,7-8H2,1H3,(H4,18,19,20)(H,22,23,25);3-5H2,1-2H3. The highest BCUT2D eigenvalue weighted by Crippen LogP contribution is 2.15. The zero-order chi connectivity index (χ0) is 24.4. The monoisotopic (exact) mass is 475 g/mol. The van der Waals surface area contributed by atoms with Crippen molar-refractivity contribution < 1.29 is 8.42 Å². The van der Waals surface area contributed by atoms with E-state index in [1.807, 2.05) is 13.0 Å².